The summed E-state index contributed by atoms with van der Waals surface area (Å²) in [6.07, 6.45) is -3.93. The van der Waals surface area contributed by atoms with Crippen LogP contribution in [0.25, 0.3) is 0 Å². The zero-order valence-corrected chi connectivity index (χ0v) is 13.8. The fraction of sp³-hybridized carbons (Fsp3) is 0.333. The molecule has 0 spiro atoms. The summed E-state index contributed by atoms with van der Waals surface area (Å²) in [6, 6.07) is 9.52. The Bertz CT molecular complexity index is 795. The Morgan fingerprint density at radius 2 is 2.04 bits per heavy atom. The van der Waals surface area contributed by atoms with Gasteiger partial charge in [0.05, 0.1) is 6.10 Å². The number of pyridine rings is 1. The highest BCUT2D eigenvalue weighted by Crippen LogP contribution is 2.27. The van der Waals surface area contributed by atoms with Crippen molar-refractivity contribution in [3.63, 3.8) is 0 Å². The van der Waals surface area contributed by atoms with E-state index >= 15 is 0 Å². The molecule has 1 aromatic heterocycles. The summed E-state index contributed by atoms with van der Waals surface area (Å²) >= 11 is 0. The molecule has 1 amide bonds. The zero-order chi connectivity index (χ0) is 18.7. The largest absolute Gasteiger partial charge is 0.433 e. The molecule has 5 nitrogen and oxygen atoms in total. The first kappa shape index (κ1) is 18.3. The Morgan fingerprint density at radius 1 is 1.31 bits per heavy atom. The number of hydrogen-bond acceptors (Lipinski definition) is 4. The Kier molecular flexibility index (Phi) is 5.24. The fourth-order valence-electron chi connectivity index (χ4n) is 2.92. The van der Waals surface area contributed by atoms with Crippen LogP contribution in [0.2, 0.25) is 0 Å². The van der Waals surface area contributed by atoms with Crippen molar-refractivity contribution in [2.24, 2.45) is 0 Å². The quantitative estimate of drug-likeness (QED) is 0.774. The number of benzene rings is 1. The highest BCUT2D eigenvalue weighted by molar-refractivity contribution is 5.94. The highest BCUT2D eigenvalue weighted by atomic mass is 19.4. The van der Waals surface area contributed by atoms with Crippen molar-refractivity contribution in [2.45, 2.75) is 31.3 Å². The number of carbonyl (C=O) groups excluding carboxylic acids is 1. The molecule has 3 rings (SSSR count). The summed E-state index contributed by atoms with van der Waals surface area (Å²) in [5.41, 5.74) is 1.01. The second-order valence-corrected chi connectivity index (χ2v) is 6.17. The third-order valence-electron chi connectivity index (χ3n) is 4.36. The average molecular weight is 365 g/mol. The van der Waals surface area contributed by atoms with Crippen molar-refractivity contribution in [3.8, 4) is 0 Å². The Morgan fingerprint density at radius 3 is 2.77 bits per heavy atom. The van der Waals surface area contributed by atoms with E-state index in [0.29, 0.717) is 19.0 Å². The number of hydrogen-bond donors (Lipinski definition) is 3. The lowest BCUT2D eigenvalue weighted by molar-refractivity contribution is -0.141. The van der Waals surface area contributed by atoms with Gasteiger partial charge in [-0.05, 0) is 29.7 Å². The Balaban J connectivity index is 1.58. The molecule has 8 heteroatoms. The predicted molar refractivity (Wildman–Crippen MR) is 88.4 cm³/mol. The maximum Gasteiger partial charge on any atom is 0.433 e. The van der Waals surface area contributed by atoms with E-state index in [9.17, 15) is 23.1 Å². The van der Waals surface area contributed by atoms with Gasteiger partial charge in [-0.2, -0.15) is 13.2 Å². The minimum absolute atomic E-state index is 0.0671. The van der Waals surface area contributed by atoms with Gasteiger partial charge in [0.2, 0.25) is 0 Å². The van der Waals surface area contributed by atoms with Gasteiger partial charge in [0.25, 0.3) is 5.91 Å². The summed E-state index contributed by atoms with van der Waals surface area (Å²) in [4.78, 5) is 15.3. The smallest absolute Gasteiger partial charge is 0.390 e. The first-order valence-corrected chi connectivity index (χ1v) is 8.14. The topological polar surface area (TPSA) is 74.2 Å². The molecule has 1 aromatic carbocycles. The highest BCUT2D eigenvalue weighted by Gasteiger charge is 2.33. The number of rotatable bonds is 4. The zero-order valence-electron chi connectivity index (χ0n) is 13.8. The van der Waals surface area contributed by atoms with E-state index in [4.69, 9.17) is 0 Å². The first-order chi connectivity index (χ1) is 12.3. The molecule has 1 aliphatic rings. The lowest BCUT2D eigenvalue weighted by atomic mass is 9.93. The van der Waals surface area contributed by atoms with E-state index in [0.717, 1.165) is 17.3 Å². The van der Waals surface area contributed by atoms with E-state index in [1.807, 2.05) is 24.3 Å². The van der Waals surface area contributed by atoms with Gasteiger partial charge in [0.15, 0.2) is 0 Å². The van der Waals surface area contributed by atoms with Crippen molar-refractivity contribution in [2.75, 3.05) is 6.54 Å². The SMILES string of the molecule is O=C(NCC(O)[C@@H]1Cc2ccccc2CN1)c1ccnc(C(F)(F)F)c1. The molecule has 2 atom stereocenters. The van der Waals surface area contributed by atoms with Crippen LogP contribution < -0.4 is 10.6 Å². The minimum atomic E-state index is -4.62. The van der Waals surface area contributed by atoms with Gasteiger partial charge < -0.3 is 15.7 Å². The summed E-state index contributed by atoms with van der Waals surface area (Å²) < 4.78 is 38.0. The molecule has 26 heavy (non-hydrogen) atoms. The number of nitrogens with one attached hydrogen (secondary N) is 2. The Hall–Kier alpha value is -2.45. The van der Waals surface area contributed by atoms with Crippen molar-refractivity contribution in [1.29, 1.82) is 0 Å². The first-order valence-electron chi connectivity index (χ1n) is 8.14. The predicted octanol–water partition coefficient (Wildman–Crippen LogP) is 1.91. The second-order valence-electron chi connectivity index (χ2n) is 6.17. The average Bonchev–Trinajstić information content (AvgIpc) is 2.64. The summed E-state index contributed by atoms with van der Waals surface area (Å²) in [6.45, 7) is 0.549. The van der Waals surface area contributed by atoms with E-state index in [-0.39, 0.29) is 18.2 Å². The van der Waals surface area contributed by atoms with Crippen molar-refractivity contribution in [3.05, 3.63) is 65.0 Å². The number of alkyl halides is 3. The number of aliphatic hydroxyl groups excluding tert-OH is 1. The maximum absolute atomic E-state index is 12.7. The molecule has 0 bridgehead atoms. The lowest BCUT2D eigenvalue weighted by Gasteiger charge is -2.30. The standard InChI is InChI=1S/C18H18F3N3O2/c19-18(20,21)16-8-12(5-6-22-16)17(26)24-10-15(25)14-7-11-3-1-2-4-13(11)9-23-14/h1-6,8,14-15,23,25H,7,9-10H2,(H,24,26)/t14-,15?/m0/s1. The Labute approximate surface area is 148 Å². The van der Waals surface area contributed by atoms with Crippen LogP contribution in [0, 0.1) is 0 Å². The number of aliphatic hydroxyl groups is 1. The molecule has 3 N–H and O–H groups in total. The molecule has 1 unspecified atom stereocenters. The molecular formula is C18H18F3N3O2. The summed E-state index contributed by atoms with van der Waals surface area (Å²) in [7, 11) is 0. The molecule has 0 aliphatic carbocycles. The number of halogens is 3. The van der Waals surface area contributed by atoms with E-state index < -0.39 is 23.9 Å². The second kappa shape index (κ2) is 7.43. The maximum atomic E-state index is 12.7. The third-order valence-corrected chi connectivity index (χ3v) is 4.36. The molecule has 0 saturated carbocycles. The van der Waals surface area contributed by atoms with Gasteiger partial charge >= 0.3 is 6.18 Å². The number of aromatic nitrogens is 1. The van der Waals surface area contributed by atoms with Gasteiger partial charge in [-0.3, -0.25) is 9.78 Å². The van der Waals surface area contributed by atoms with E-state index in [1.165, 1.54) is 6.07 Å². The number of amides is 1. The third kappa shape index (κ3) is 4.20. The van der Waals surface area contributed by atoms with Gasteiger partial charge in [0.1, 0.15) is 5.69 Å². The molecular weight excluding hydrogens is 347 g/mol. The molecule has 2 heterocycles. The summed E-state index contributed by atoms with van der Waals surface area (Å²) in [5, 5.41) is 16.0. The van der Waals surface area contributed by atoms with Gasteiger partial charge in [-0.15, -0.1) is 0 Å². The van der Waals surface area contributed by atoms with Crippen LogP contribution in [-0.2, 0) is 19.1 Å². The van der Waals surface area contributed by atoms with Crippen molar-refractivity contribution in [1.82, 2.24) is 15.6 Å². The number of fused-ring (bicyclic) bond motifs is 1. The molecule has 138 valence electrons. The van der Waals surface area contributed by atoms with Crippen molar-refractivity contribution >= 4 is 5.91 Å². The molecule has 0 fully saturated rings. The van der Waals surface area contributed by atoms with Crippen LogP contribution in [0.5, 0.6) is 0 Å². The van der Waals surface area contributed by atoms with Crippen LogP contribution in [0.4, 0.5) is 13.2 Å². The molecule has 1 aliphatic heterocycles. The van der Waals surface area contributed by atoms with Crippen LogP contribution >= 0.6 is 0 Å². The van der Waals surface area contributed by atoms with Gasteiger partial charge in [0, 0.05) is 30.9 Å². The fourth-order valence-corrected chi connectivity index (χ4v) is 2.92. The normalized spacial score (nSPS) is 18.1. The van der Waals surface area contributed by atoms with Crippen molar-refractivity contribution < 1.29 is 23.1 Å². The van der Waals surface area contributed by atoms with Gasteiger partial charge in [-0.25, -0.2) is 0 Å². The number of nitrogens with zero attached hydrogens (tertiary/aromatic N) is 1. The monoisotopic (exact) mass is 365 g/mol. The minimum Gasteiger partial charge on any atom is -0.390 e. The van der Waals surface area contributed by atoms with Crippen LogP contribution in [0.15, 0.2) is 42.6 Å². The van der Waals surface area contributed by atoms with Crippen LogP contribution in [0.1, 0.15) is 27.2 Å². The molecule has 0 radical (unpaired) electrons. The lowest BCUT2D eigenvalue weighted by Crippen LogP contribution is -2.49. The van der Waals surface area contributed by atoms with E-state index in [2.05, 4.69) is 15.6 Å². The summed E-state index contributed by atoms with van der Waals surface area (Å²) in [5.74, 6) is -0.687. The number of carbonyl (C=O) groups is 1. The van der Waals surface area contributed by atoms with Crippen LogP contribution in [0.3, 0.4) is 0 Å². The van der Waals surface area contributed by atoms with Gasteiger partial charge in [-0.1, -0.05) is 24.3 Å². The molecule has 0 saturated heterocycles. The molecule has 2 aromatic rings. The van der Waals surface area contributed by atoms with Crippen LogP contribution in [-0.4, -0.2) is 34.7 Å². The van der Waals surface area contributed by atoms with E-state index in [1.54, 1.807) is 0 Å².